The Morgan fingerprint density at radius 2 is 2.00 bits per heavy atom. The molecule has 0 saturated carbocycles. The van der Waals surface area contributed by atoms with Crippen LogP contribution in [0.4, 0.5) is 5.95 Å². The van der Waals surface area contributed by atoms with Gasteiger partial charge < -0.3 is 5.32 Å². The smallest absolute Gasteiger partial charge is 0.245 e. The minimum atomic E-state index is -2.07. The zero-order valence-electron chi connectivity index (χ0n) is 8.44. The van der Waals surface area contributed by atoms with Gasteiger partial charge in [-0.15, -0.1) is 4.83 Å². The van der Waals surface area contributed by atoms with E-state index in [4.69, 9.17) is 4.55 Å². The molecule has 0 aliphatic rings. The second kappa shape index (κ2) is 5.71. The van der Waals surface area contributed by atoms with Crippen molar-refractivity contribution in [2.75, 3.05) is 12.0 Å². The van der Waals surface area contributed by atoms with Gasteiger partial charge in [-0.05, 0) is 19.9 Å². The Hall–Kier alpha value is -1.09. The van der Waals surface area contributed by atoms with Gasteiger partial charge in [0.2, 0.25) is 17.2 Å². The molecule has 1 heterocycles. The molecule has 0 aliphatic heterocycles. The molecular weight excluding hydrogens is 218 g/mol. The average molecular weight is 231 g/mol. The van der Waals surface area contributed by atoms with Crippen molar-refractivity contribution in [2.45, 2.75) is 13.8 Å². The minimum Gasteiger partial charge on any atom is -0.340 e. The minimum absolute atomic E-state index is 0.245. The summed E-state index contributed by atoms with van der Waals surface area (Å²) < 4.78 is 18.6. The summed E-state index contributed by atoms with van der Waals surface area (Å²) in [5.74, 6) is 0.477. The molecule has 0 saturated heterocycles. The first-order valence-corrected chi connectivity index (χ1v) is 5.34. The number of aryl methyl sites for hydroxylation is 2. The summed E-state index contributed by atoms with van der Waals surface area (Å²) in [5, 5.41) is 2.84. The van der Waals surface area contributed by atoms with E-state index in [-0.39, 0.29) is 6.67 Å². The molecule has 84 valence electrons. The highest BCUT2D eigenvalue weighted by Crippen LogP contribution is 2.02. The first-order chi connectivity index (χ1) is 7.08. The predicted octanol–water partition coefficient (Wildman–Crippen LogP) is -0.306. The van der Waals surface area contributed by atoms with E-state index in [1.165, 1.54) is 0 Å². The van der Waals surface area contributed by atoms with Crippen molar-refractivity contribution in [1.29, 1.82) is 0 Å². The van der Waals surface area contributed by atoms with E-state index in [0.717, 1.165) is 11.4 Å². The topological polar surface area (TPSA) is 99.2 Å². The lowest BCUT2D eigenvalue weighted by molar-refractivity contribution is 0.531. The van der Waals surface area contributed by atoms with Gasteiger partial charge in [0.15, 0.2) is 0 Å². The first kappa shape index (κ1) is 12.0. The fraction of sp³-hybridized carbons (Fsp3) is 0.429. The average Bonchev–Trinajstić information content (AvgIpc) is 2.10. The second-order valence-corrected chi connectivity index (χ2v) is 3.56. The van der Waals surface area contributed by atoms with Crippen LogP contribution in [-0.4, -0.2) is 25.4 Å². The van der Waals surface area contributed by atoms with Crippen LogP contribution in [0.5, 0.6) is 0 Å². The Labute approximate surface area is 90.1 Å². The summed E-state index contributed by atoms with van der Waals surface area (Å²) in [6, 6.07) is 1.86. The Balaban J connectivity index is 2.40. The highest BCUT2D eigenvalue weighted by Gasteiger charge is 1.97. The summed E-state index contributed by atoms with van der Waals surface area (Å²) in [6.45, 7) is 3.98. The van der Waals surface area contributed by atoms with Gasteiger partial charge in [-0.2, -0.15) is 0 Å². The quantitative estimate of drug-likeness (QED) is 0.240. The van der Waals surface area contributed by atoms with E-state index in [2.05, 4.69) is 25.5 Å². The molecule has 1 aromatic heterocycles. The number of nitrogens with zero attached hydrogens (tertiary/aromatic N) is 2. The lowest BCUT2D eigenvalue weighted by Gasteiger charge is -2.06. The second-order valence-electron chi connectivity index (χ2n) is 2.86. The Morgan fingerprint density at radius 3 is 2.53 bits per heavy atom. The Kier molecular flexibility index (Phi) is 4.56. The molecule has 0 amide bonds. The van der Waals surface area contributed by atoms with Gasteiger partial charge in [-0.3, -0.25) is 4.55 Å². The maximum absolute atomic E-state index is 10.2. The third kappa shape index (κ3) is 4.79. The van der Waals surface area contributed by atoms with Gasteiger partial charge in [0.05, 0.1) is 6.67 Å². The van der Waals surface area contributed by atoms with Crippen molar-refractivity contribution in [3.8, 4) is 0 Å². The summed E-state index contributed by atoms with van der Waals surface area (Å²) >= 11 is -2.07. The molecule has 0 aliphatic carbocycles. The fourth-order valence-electron chi connectivity index (χ4n) is 1.03. The van der Waals surface area contributed by atoms with Gasteiger partial charge in [0.25, 0.3) is 0 Å². The molecule has 15 heavy (non-hydrogen) atoms. The Bertz CT molecular complexity index is 339. The van der Waals surface area contributed by atoms with Gasteiger partial charge in [0.1, 0.15) is 0 Å². The van der Waals surface area contributed by atoms with Gasteiger partial charge >= 0.3 is 0 Å². The molecule has 0 aromatic carbocycles. The molecule has 0 radical (unpaired) electrons. The van der Waals surface area contributed by atoms with E-state index in [9.17, 15) is 4.21 Å². The molecule has 1 aromatic rings. The van der Waals surface area contributed by atoms with Crippen LogP contribution in [0.1, 0.15) is 11.4 Å². The highest BCUT2D eigenvalue weighted by molar-refractivity contribution is 7.77. The van der Waals surface area contributed by atoms with Crippen molar-refractivity contribution >= 4 is 17.2 Å². The standard InChI is InChI=1S/C7H13N5O2S/c1-5-3-6(2)11-7(10-5)8-4-9-12-15(13)14/h3,9,12H,4H2,1-2H3,(H,13,14)(H,8,10,11). The molecule has 8 heteroatoms. The van der Waals surface area contributed by atoms with E-state index >= 15 is 0 Å². The number of aromatic nitrogens is 2. The lowest BCUT2D eigenvalue weighted by Crippen LogP contribution is -2.37. The van der Waals surface area contributed by atoms with Crippen LogP contribution in [0.15, 0.2) is 6.07 Å². The monoisotopic (exact) mass is 231 g/mol. The number of rotatable bonds is 5. The third-order valence-electron chi connectivity index (χ3n) is 1.48. The van der Waals surface area contributed by atoms with E-state index in [0.29, 0.717) is 5.95 Å². The van der Waals surface area contributed by atoms with Crippen molar-refractivity contribution in [3.05, 3.63) is 17.5 Å². The number of hydrogen-bond acceptors (Lipinski definition) is 5. The zero-order valence-corrected chi connectivity index (χ0v) is 9.26. The van der Waals surface area contributed by atoms with Crippen LogP contribution in [0, 0.1) is 13.8 Å². The molecule has 0 fully saturated rings. The van der Waals surface area contributed by atoms with Crippen LogP contribution >= 0.6 is 0 Å². The molecular formula is C7H13N5O2S. The van der Waals surface area contributed by atoms with E-state index < -0.39 is 11.3 Å². The van der Waals surface area contributed by atoms with Crippen molar-refractivity contribution in [3.63, 3.8) is 0 Å². The van der Waals surface area contributed by atoms with Gasteiger partial charge in [0, 0.05) is 11.4 Å². The molecule has 0 spiro atoms. The molecule has 0 bridgehead atoms. The molecule has 4 N–H and O–H groups in total. The lowest BCUT2D eigenvalue weighted by atomic mass is 10.4. The number of hydrogen-bond donors (Lipinski definition) is 4. The fourth-order valence-corrected chi connectivity index (χ4v) is 1.22. The van der Waals surface area contributed by atoms with Gasteiger partial charge in [-0.1, -0.05) is 0 Å². The largest absolute Gasteiger partial charge is 0.340 e. The van der Waals surface area contributed by atoms with Crippen LogP contribution in [0.2, 0.25) is 0 Å². The molecule has 1 unspecified atom stereocenters. The predicted molar refractivity (Wildman–Crippen MR) is 57.0 cm³/mol. The van der Waals surface area contributed by atoms with Crippen LogP contribution in [0.25, 0.3) is 0 Å². The van der Waals surface area contributed by atoms with Crippen molar-refractivity contribution in [2.24, 2.45) is 0 Å². The molecule has 1 rings (SSSR count). The summed E-state index contributed by atoms with van der Waals surface area (Å²) in [7, 11) is 0. The normalized spacial score (nSPS) is 12.5. The molecule has 1 atom stereocenters. The maximum atomic E-state index is 10.2. The van der Waals surface area contributed by atoms with Crippen LogP contribution in [0.3, 0.4) is 0 Å². The molecule has 7 nitrogen and oxygen atoms in total. The SMILES string of the molecule is Cc1cc(C)nc(NCNNS(=O)O)n1. The summed E-state index contributed by atoms with van der Waals surface area (Å²) in [6.07, 6.45) is 0. The van der Waals surface area contributed by atoms with Crippen molar-refractivity contribution < 1.29 is 8.76 Å². The third-order valence-corrected chi connectivity index (χ3v) is 1.80. The number of anilines is 1. The van der Waals surface area contributed by atoms with E-state index in [1.807, 2.05) is 19.9 Å². The van der Waals surface area contributed by atoms with Crippen molar-refractivity contribution in [1.82, 2.24) is 20.2 Å². The summed E-state index contributed by atoms with van der Waals surface area (Å²) in [4.78, 5) is 10.3. The summed E-state index contributed by atoms with van der Waals surface area (Å²) in [5.41, 5.74) is 4.21. The first-order valence-electron chi connectivity index (χ1n) is 4.23. The number of nitrogens with one attached hydrogen (secondary N) is 3. The van der Waals surface area contributed by atoms with Gasteiger partial charge in [-0.25, -0.2) is 19.6 Å². The highest BCUT2D eigenvalue weighted by atomic mass is 32.2. The van der Waals surface area contributed by atoms with Crippen LogP contribution in [-0.2, 0) is 11.3 Å². The van der Waals surface area contributed by atoms with E-state index in [1.54, 1.807) is 0 Å². The maximum Gasteiger partial charge on any atom is 0.245 e. The van der Waals surface area contributed by atoms with Crippen LogP contribution < -0.4 is 15.6 Å². The zero-order chi connectivity index (χ0) is 11.3. The Morgan fingerprint density at radius 1 is 1.40 bits per heavy atom. The number of hydrazine groups is 1.